The summed E-state index contributed by atoms with van der Waals surface area (Å²) in [5, 5.41) is 0.483. The van der Waals surface area contributed by atoms with Gasteiger partial charge in [0.15, 0.2) is 0 Å². The van der Waals surface area contributed by atoms with Gasteiger partial charge in [0.05, 0.1) is 16.8 Å². The first-order valence-electron chi connectivity index (χ1n) is 9.09. The van der Waals surface area contributed by atoms with E-state index in [1.54, 1.807) is 45.0 Å². The van der Waals surface area contributed by atoms with E-state index in [0.29, 0.717) is 16.6 Å². The van der Waals surface area contributed by atoms with Crippen molar-refractivity contribution >= 4 is 28.7 Å². The van der Waals surface area contributed by atoms with Gasteiger partial charge in [0, 0.05) is 28.8 Å². The number of benzene rings is 1. The zero-order chi connectivity index (χ0) is 21.9. The maximum Gasteiger partial charge on any atom is 0.426 e. The molecule has 3 rings (SSSR count). The third-order valence-corrected chi connectivity index (χ3v) is 3.98. The lowest BCUT2D eigenvalue weighted by molar-refractivity contribution is 0.0483. The van der Waals surface area contributed by atoms with E-state index in [0.717, 1.165) is 11.1 Å². The number of ether oxygens (including phenoxy) is 1. The number of amides is 2. The van der Waals surface area contributed by atoms with Crippen LogP contribution in [0, 0.1) is 12.3 Å². The van der Waals surface area contributed by atoms with Crippen LogP contribution in [0.1, 0.15) is 36.7 Å². The molecule has 0 fully saturated rings. The van der Waals surface area contributed by atoms with Gasteiger partial charge in [-0.1, -0.05) is 18.1 Å². The molecule has 2 heterocycles. The molecular formula is C22H21N5O3. The average molecular weight is 403 g/mol. The van der Waals surface area contributed by atoms with E-state index in [9.17, 15) is 9.59 Å². The smallest absolute Gasteiger partial charge is 0.426 e. The summed E-state index contributed by atoms with van der Waals surface area (Å²) in [7, 11) is 0. The minimum Gasteiger partial charge on any atom is -0.443 e. The Morgan fingerprint density at radius 1 is 1.13 bits per heavy atom. The highest BCUT2D eigenvalue weighted by Gasteiger charge is 2.19. The first-order valence-corrected chi connectivity index (χ1v) is 9.09. The minimum atomic E-state index is -0.776. The molecule has 0 aliphatic rings. The highest BCUT2D eigenvalue weighted by atomic mass is 16.6. The van der Waals surface area contributed by atoms with E-state index < -0.39 is 17.6 Å². The molecule has 1 aromatic carbocycles. The number of nitrogens with one attached hydrogen (secondary N) is 2. The van der Waals surface area contributed by atoms with Crippen LogP contribution in [-0.2, 0) is 4.74 Å². The van der Waals surface area contributed by atoms with Crippen molar-refractivity contribution in [2.75, 3.05) is 5.73 Å². The topological polar surface area (TPSA) is 119 Å². The molecule has 30 heavy (non-hydrogen) atoms. The van der Waals surface area contributed by atoms with Crippen molar-refractivity contribution < 1.29 is 14.3 Å². The van der Waals surface area contributed by atoms with E-state index in [2.05, 4.69) is 26.7 Å². The summed E-state index contributed by atoms with van der Waals surface area (Å²) < 4.78 is 5.12. The zero-order valence-electron chi connectivity index (χ0n) is 16.8. The number of fused-ring (bicyclic) bond motifs is 1. The predicted octanol–water partition coefficient (Wildman–Crippen LogP) is 3.03. The standard InChI is InChI=1S/C22H21N5O3/c1-5-13-6-8-14(9-7-13)17-10-15(16-12-24-19(23)11-18(16)25-17)20(28)26-27-21(29)30-22(2,3)4/h1,6-12H,2-4H3,(H2,23,24)(H,26,28)(H,27,29). The number of pyridine rings is 2. The number of rotatable bonds is 2. The number of carbonyl (C=O) groups excluding carboxylic acids is 2. The molecule has 3 aromatic rings. The summed E-state index contributed by atoms with van der Waals surface area (Å²) in [6.45, 7) is 5.16. The second-order valence-electron chi connectivity index (χ2n) is 7.48. The third-order valence-electron chi connectivity index (χ3n) is 3.98. The summed E-state index contributed by atoms with van der Waals surface area (Å²) in [6.07, 6.45) is 6.09. The summed E-state index contributed by atoms with van der Waals surface area (Å²) >= 11 is 0. The van der Waals surface area contributed by atoms with Crippen molar-refractivity contribution in [1.29, 1.82) is 0 Å². The third kappa shape index (κ3) is 4.83. The van der Waals surface area contributed by atoms with Crippen LogP contribution in [0.5, 0.6) is 0 Å². The van der Waals surface area contributed by atoms with Crippen molar-refractivity contribution in [3.05, 3.63) is 53.7 Å². The number of aromatic nitrogens is 2. The van der Waals surface area contributed by atoms with Gasteiger partial charge in [-0.25, -0.2) is 20.2 Å². The Labute approximate surface area is 173 Å². The zero-order valence-corrected chi connectivity index (χ0v) is 16.8. The molecule has 2 aromatic heterocycles. The van der Waals surface area contributed by atoms with Crippen molar-refractivity contribution in [1.82, 2.24) is 20.8 Å². The average Bonchev–Trinajstić information content (AvgIpc) is 2.69. The molecule has 0 saturated heterocycles. The molecule has 0 spiro atoms. The van der Waals surface area contributed by atoms with Crippen molar-refractivity contribution in [3.8, 4) is 23.6 Å². The predicted molar refractivity (Wildman–Crippen MR) is 114 cm³/mol. The summed E-state index contributed by atoms with van der Waals surface area (Å²) in [5.41, 5.74) is 12.5. The van der Waals surface area contributed by atoms with Crippen LogP contribution in [0.15, 0.2) is 42.6 Å². The van der Waals surface area contributed by atoms with E-state index >= 15 is 0 Å². The number of terminal acetylenes is 1. The highest BCUT2D eigenvalue weighted by molar-refractivity contribution is 6.07. The lowest BCUT2D eigenvalue weighted by atomic mass is 10.0. The number of nitrogens with two attached hydrogens (primary N) is 1. The summed E-state index contributed by atoms with van der Waals surface area (Å²) in [4.78, 5) is 33.3. The monoisotopic (exact) mass is 403 g/mol. The van der Waals surface area contributed by atoms with Crippen LogP contribution in [0.4, 0.5) is 10.6 Å². The second-order valence-corrected chi connectivity index (χ2v) is 7.48. The van der Waals surface area contributed by atoms with E-state index in [1.807, 2.05) is 12.1 Å². The van der Waals surface area contributed by atoms with Crippen LogP contribution in [-0.4, -0.2) is 27.6 Å². The Bertz CT molecular complexity index is 1160. The maximum absolute atomic E-state index is 12.8. The van der Waals surface area contributed by atoms with Gasteiger partial charge in [-0.2, -0.15) is 0 Å². The van der Waals surface area contributed by atoms with Crippen molar-refractivity contribution in [2.45, 2.75) is 26.4 Å². The molecule has 0 aliphatic heterocycles. The van der Waals surface area contributed by atoms with Gasteiger partial charge in [0.1, 0.15) is 11.4 Å². The van der Waals surface area contributed by atoms with Gasteiger partial charge in [0.2, 0.25) is 0 Å². The second kappa shape index (κ2) is 8.09. The van der Waals surface area contributed by atoms with E-state index in [4.69, 9.17) is 16.9 Å². The quantitative estimate of drug-likeness (QED) is 0.447. The molecule has 8 heteroatoms. The van der Waals surface area contributed by atoms with Gasteiger partial charge in [0.25, 0.3) is 5.91 Å². The number of nitrogen functional groups attached to an aromatic ring is 1. The number of hydrazine groups is 1. The Kier molecular flexibility index (Phi) is 5.56. The fourth-order valence-corrected chi connectivity index (χ4v) is 2.69. The number of anilines is 1. The molecule has 8 nitrogen and oxygen atoms in total. The Balaban J connectivity index is 1.96. The molecule has 0 aliphatic carbocycles. The van der Waals surface area contributed by atoms with Crippen LogP contribution in [0.3, 0.4) is 0 Å². The molecule has 152 valence electrons. The van der Waals surface area contributed by atoms with E-state index in [-0.39, 0.29) is 11.4 Å². The molecule has 4 N–H and O–H groups in total. The van der Waals surface area contributed by atoms with Crippen LogP contribution in [0.2, 0.25) is 0 Å². The van der Waals surface area contributed by atoms with Gasteiger partial charge in [-0.3, -0.25) is 10.2 Å². The largest absolute Gasteiger partial charge is 0.443 e. The molecule has 0 atom stereocenters. The van der Waals surface area contributed by atoms with Gasteiger partial charge in [-0.05, 0) is 39.0 Å². The summed E-state index contributed by atoms with van der Waals surface area (Å²) in [6, 6.07) is 10.4. The normalized spacial score (nSPS) is 10.9. The fourth-order valence-electron chi connectivity index (χ4n) is 2.69. The molecule has 0 unspecified atom stereocenters. The molecule has 0 saturated carbocycles. The van der Waals surface area contributed by atoms with Crippen LogP contribution in [0.25, 0.3) is 22.2 Å². The van der Waals surface area contributed by atoms with Gasteiger partial charge < -0.3 is 10.5 Å². The van der Waals surface area contributed by atoms with Crippen LogP contribution < -0.4 is 16.6 Å². The number of hydrogen-bond donors (Lipinski definition) is 3. The first kappa shape index (κ1) is 20.6. The Hall–Kier alpha value is -4.12. The van der Waals surface area contributed by atoms with Crippen molar-refractivity contribution in [2.24, 2.45) is 0 Å². The number of nitrogens with zero attached hydrogens (tertiary/aromatic N) is 2. The Morgan fingerprint density at radius 3 is 2.47 bits per heavy atom. The number of hydrogen-bond acceptors (Lipinski definition) is 6. The molecule has 0 bridgehead atoms. The lowest BCUT2D eigenvalue weighted by Crippen LogP contribution is -2.44. The molecule has 2 amide bonds. The maximum atomic E-state index is 12.8. The van der Waals surface area contributed by atoms with Gasteiger partial charge in [-0.15, -0.1) is 6.42 Å². The SMILES string of the molecule is C#Cc1ccc(-c2cc(C(=O)NNC(=O)OC(C)(C)C)c3cnc(N)cc3n2)cc1. The highest BCUT2D eigenvalue weighted by Crippen LogP contribution is 2.25. The van der Waals surface area contributed by atoms with Gasteiger partial charge >= 0.3 is 6.09 Å². The summed E-state index contributed by atoms with van der Waals surface area (Å²) in [5.74, 6) is 2.27. The van der Waals surface area contributed by atoms with Crippen molar-refractivity contribution in [3.63, 3.8) is 0 Å². The number of carbonyl (C=O) groups is 2. The fraction of sp³-hybridized carbons (Fsp3) is 0.182. The molecule has 0 radical (unpaired) electrons. The lowest BCUT2D eigenvalue weighted by Gasteiger charge is -2.20. The van der Waals surface area contributed by atoms with E-state index in [1.165, 1.54) is 6.20 Å². The first-order chi connectivity index (χ1) is 14.2. The molecular weight excluding hydrogens is 382 g/mol. The minimum absolute atomic E-state index is 0.264. The van der Waals surface area contributed by atoms with Crippen LogP contribution >= 0.6 is 0 Å². The Morgan fingerprint density at radius 2 is 1.83 bits per heavy atom.